The average molecular weight is 231 g/mol. The van der Waals surface area contributed by atoms with Crippen LogP contribution in [0.25, 0.3) is 10.8 Å². The van der Waals surface area contributed by atoms with E-state index >= 15 is 0 Å². The summed E-state index contributed by atoms with van der Waals surface area (Å²) in [6, 6.07) is 6.67. The molecular formula is C13H13NO3. The lowest BCUT2D eigenvalue weighted by atomic mass is 10.1. The maximum Gasteiger partial charge on any atom is 0.335 e. The normalized spacial score (nSPS) is 10.8. The molecule has 4 nitrogen and oxygen atoms in total. The van der Waals surface area contributed by atoms with Gasteiger partial charge in [0.05, 0.1) is 11.7 Å². The Morgan fingerprint density at radius 2 is 2.12 bits per heavy atom. The number of ether oxygens (including phenoxy) is 1. The van der Waals surface area contributed by atoms with Gasteiger partial charge in [-0.2, -0.15) is 0 Å². The highest BCUT2D eigenvalue weighted by Crippen LogP contribution is 2.24. The van der Waals surface area contributed by atoms with Crippen LogP contribution in [0.2, 0.25) is 0 Å². The van der Waals surface area contributed by atoms with Crippen molar-refractivity contribution in [3.05, 3.63) is 36.0 Å². The second kappa shape index (κ2) is 4.41. The summed E-state index contributed by atoms with van der Waals surface area (Å²) in [5, 5.41) is 10.6. The predicted octanol–water partition coefficient (Wildman–Crippen LogP) is 2.72. The summed E-state index contributed by atoms with van der Waals surface area (Å²) in [6.45, 7) is 3.85. The molecule has 0 unspecified atom stereocenters. The third kappa shape index (κ3) is 2.36. The molecule has 88 valence electrons. The van der Waals surface area contributed by atoms with Gasteiger partial charge in [0.2, 0.25) is 5.88 Å². The molecule has 2 aromatic rings. The van der Waals surface area contributed by atoms with Crippen molar-refractivity contribution in [1.29, 1.82) is 0 Å². The van der Waals surface area contributed by atoms with E-state index < -0.39 is 5.97 Å². The fourth-order valence-corrected chi connectivity index (χ4v) is 1.60. The van der Waals surface area contributed by atoms with Crippen LogP contribution < -0.4 is 4.74 Å². The number of aromatic carboxylic acids is 1. The topological polar surface area (TPSA) is 59.4 Å². The van der Waals surface area contributed by atoms with Crippen LogP contribution in [0.3, 0.4) is 0 Å². The Hall–Kier alpha value is -2.10. The number of hydrogen-bond acceptors (Lipinski definition) is 3. The van der Waals surface area contributed by atoms with Crippen LogP contribution in [0.5, 0.6) is 5.88 Å². The lowest BCUT2D eigenvalue weighted by Gasteiger charge is -2.11. The van der Waals surface area contributed by atoms with Crippen LogP contribution >= 0.6 is 0 Å². The Morgan fingerprint density at radius 3 is 2.76 bits per heavy atom. The summed E-state index contributed by atoms with van der Waals surface area (Å²) >= 11 is 0. The number of pyridine rings is 1. The van der Waals surface area contributed by atoms with Crippen molar-refractivity contribution in [3.8, 4) is 5.88 Å². The number of nitrogens with zero attached hydrogens (tertiary/aromatic N) is 1. The molecule has 0 radical (unpaired) electrons. The number of aromatic nitrogens is 1. The molecule has 0 saturated heterocycles. The molecule has 4 heteroatoms. The van der Waals surface area contributed by atoms with Gasteiger partial charge in [-0.1, -0.05) is 0 Å². The van der Waals surface area contributed by atoms with Crippen molar-refractivity contribution in [2.75, 3.05) is 0 Å². The fourth-order valence-electron chi connectivity index (χ4n) is 1.60. The standard InChI is InChI=1S/C13H13NO3/c1-8(2)17-12-11-4-3-10(13(15)16)7-9(11)5-6-14-12/h3-8H,1-2H3,(H,15,16). The van der Waals surface area contributed by atoms with Gasteiger partial charge >= 0.3 is 5.97 Å². The highest BCUT2D eigenvalue weighted by molar-refractivity contribution is 5.95. The van der Waals surface area contributed by atoms with Crippen LogP contribution in [-0.4, -0.2) is 22.2 Å². The van der Waals surface area contributed by atoms with E-state index in [1.54, 1.807) is 30.5 Å². The second-order valence-electron chi connectivity index (χ2n) is 4.02. The Balaban J connectivity index is 2.54. The molecule has 1 aromatic heterocycles. The Morgan fingerprint density at radius 1 is 1.35 bits per heavy atom. The van der Waals surface area contributed by atoms with Gasteiger partial charge in [-0.15, -0.1) is 0 Å². The van der Waals surface area contributed by atoms with Gasteiger partial charge in [0.25, 0.3) is 0 Å². The average Bonchev–Trinajstić information content (AvgIpc) is 2.28. The Bertz CT molecular complexity index is 564. The lowest BCUT2D eigenvalue weighted by molar-refractivity contribution is 0.0697. The molecule has 0 aliphatic carbocycles. The highest BCUT2D eigenvalue weighted by Gasteiger charge is 2.08. The van der Waals surface area contributed by atoms with Crippen LogP contribution in [0.1, 0.15) is 24.2 Å². The molecule has 17 heavy (non-hydrogen) atoms. The minimum absolute atomic E-state index is 0.0345. The zero-order valence-electron chi connectivity index (χ0n) is 9.68. The number of carboxylic acid groups (broad SMARTS) is 1. The molecule has 0 atom stereocenters. The lowest BCUT2D eigenvalue weighted by Crippen LogP contribution is -2.07. The Kier molecular flexibility index (Phi) is 2.95. The SMILES string of the molecule is CC(C)Oc1nccc2cc(C(=O)O)ccc12. The highest BCUT2D eigenvalue weighted by atomic mass is 16.5. The summed E-state index contributed by atoms with van der Waals surface area (Å²) in [4.78, 5) is 15.0. The van der Waals surface area contributed by atoms with Crippen molar-refractivity contribution in [2.45, 2.75) is 20.0 Å². The number of benzene rings is 1. The van der Waals surface area contributed by atoms with Gasteiger partial charge in [-0.3, -0.25) is 0 Å². The quantitative estimate of drug-likeness (QED) is 0.882. The maximum atomic E-state index is 10.9. The molecule has 1 N–H and O–H groups in total. The monoisotopic (exact) mass is 231 g/mol. The molecule has 0 aliphatic rings. The number of fused-ring (bicyclic) bond motifs is 1. The summed E-state index contributed by atoms with van der Waals surface area (Å²) in [7, 11) is 0. The van der Waals surface area contributed by atoms with E-state index in [1.807, 2.05) is 13.8 Å². The first-order valence-corrected chi connectivity index (χ1v) is 5.36. The van der Waals surface area contributed by atoms with E-state index in [2.05, 4.69) is 4.98 Å². The van der Waals surface area contributed by atoms with Crippen molar-refractivity contribution in [2.24, 2.45) is 0 Å². The summed E-state index contributed by atoms with van der Waals surface area (Å²) in [6.07, 6.45) is 1.65. The zero-order chi connectivity index (χ0) is 12.4. The van der Waals surface area contributed by atoms with E-state index in [9.17, 15) is 4.79 Å². The third-order valence-corrected chi connectivity index (χ3v) is 2.32. The van der Waals surface area contributed by atoms with Crippen LogP contribution in [-0.2, 0) is 0 Å². The van der Waals surface area contributed by atoms with E-state index in [0.29, 0.717) is 5.88 Å². The van der Waals surface area contributed by atoms with Crippen LogP contribution in [0, 0.1) is 0 Å². The van der Waals surface area contributed by atoms with Crippen LogP contribution in [0.15, 0.2) is 30.5 Å². The molecule has 1 heterocycles. The minimum Gasteiger partial charge on any atom is -0.478 e. The van der Waals surface area contributed by atoms with Crippen molar-refractivity contribution in [3.63, 3.8) is 0 Å². The largest absolute Gasteiger partial charge is 0.478 e. The number of carbonyl (C=O) groups is 1. The first kappa shape index (κ1) is 11.4. The fraction of sp³-hybridized carbons (Fsp3) is 0.231. The smallest absolute Gasteiger partial charge is 0.335 e. The molecule has 2 rings (SSSR count). The van der Waals surface area contributed by atoms with E-state index in [-0.39, 0.29) is 11.7 Å². The first-order chi connectivity index (χ1) is 8.08. The van der Waals surface area contributed by atoms with E-state index in [4.69, 9.17) is 9.84 Å². The van der Waals surface area contributed by atoms with Gasteiger partial charge in [0.1, 0.15) is 0 Å². The molecule has 0 amide bonds. The third-order valence-electron chi connectivity index (χ3n) is 2.32. The number of hydrogen-bond donors (Lipinski definition) is 1. The Labute approximate surface area is 98.9 Å². The second-order valence-corrected chi connectivity index (χ2v) is 4.02. The number of rotatable bonds is 3. The molecule has 0 aliphatic heterocycles. The van der Waals surface area contributed by atoms with Gasteiger partial charge in [-0.05, 0) is 43.5 Å². The van der Waals surface area contributed by atoms with Crippen molar-refractivity contribution >= 4 is 16.7 Å². The number of carboxylic acids is 1. The van der Waals surface area contributed by atoms with Crippen molar-refractivity contribution in [1.82, 2.24) is 4.98 Å². The maximum absolute atomic E-state index is 10.9. The summed E-state index contributed by atoms with van der Waals surface area (Å²) < 4.78 is 5.57. The van der Waals surface area contributed by atoms with Gasteiger partial charge in [-0.25, -0.2) is 9.78 Å². The van der Waals surface area contributed by atoms with Crippen molar-refractivity contribution < 1.29 is 14.6 Å². The van der Waals surface area contributed by atoms with Gasteiger partial charge in [0, 0.05) is 11.6 Å². The summed E-state index contributed by atoms with van der Waals surface area (Å²) in [5.74, 6) is -0.399. The molecule has 0 saturated carbocycles. The summed E-state index contributed by atoms with van der Waals surface area (Å²) in [5.41, 5.74) is 0.263. The molecular weight excluding hydrogens is 218 g/mol. The van der Waals surface area contributed by atoms with E-state index in [0.717, 1.165) is 10.8 Å². The first-order valence-electron chi connectivity index (χ1n) is 5.36. The predicted molar refractivity (Wildman–Crippen MR) is 64.5 cm³/mol. The molecule has 0 bridgehead atoms. The molecule has 1 aromatic carbocycles. The van der Waals surface area contributed by atoms with E-state index in [1.165, 1.54) is 0 Å². The zero-order valence-corrected chi connectivity index (χ0v) is 9.68. The molecule has 0 fully saturated rings. The minimum atomic E-state index is -0.935. The molecule has 0 spiro atoms. The van der Waals surface area contributed by atoms with Crippen LogP contribution in [0.4, 0.5) is 0 Å². The van der Waals surface area contributed by atoms with Gasteiger partial charge in [0.15, 0.2) is 0 Å². The van der Waals surface area contributed by atoms with Gasteiger partial charge < -0.3 is 9.84 Å².